The molecule has 1 saturated carbocycles. The first-order valence-electron chi connectivity index (χ1n) is 4.83. The lowest BCUT2D eigenvalue weighted by atomic mass is 9.85. The Balaban J connectivity index is 2.94. The number of rotatable bonds is 3. The second-order valence-electron chi connectivity index (χ2n) is 4.23. The molecular weight excluding hydrogens is 263 g/mol. The molecule has 0 saturated heterocycles. The molecule has 1 aliphatic carbocycles. The molecule has 1 fully saturated rings. The minimum atomic E-state index is -5.50. The fourth-order valence-corrected chi connectivity index (χ4v) is 2.75. The molecule has 0 radical (unpaired) electrons. The second kappa shape index (κ2) is 4.13. The van der Waals surface area contributed by atoms with Gasteiger partial charge in [-0.1, -0.05) is 6.42 Å². The number of hydrogen-bond donors (Lipinski definition) is 2. The lowest BCUT2D eigenvalue weighted by Crippen LogP contribution is -2.50. The lowest BCUT2D eigenvalue weighted by molar-refractivity contribution is -0.148. The van der Waals surface area contributed by atoms with Crippen molar-refractivity contribution in [1.82, 2.24) is 4.72 Å². The van der Waals surface area contributed by atoms with Gasteiger partial charge in [-0.25, -0.2) is 13.1 Å². The Hall–Kier alpha value is -0.830. The van der Waals surface area contributed by atoms with Gasteiger partial charge in [0.15, 0.2) is 0 Å². The van der Waals surface area contributed by atoms with Crippen molar-refractivity contribution in [1.29, 1.82) is 0 Å². The summed E-state index contributed by atoms with van der Waals surface area (Å²) in [6, 6.07) is -1.23. The molecule has 0 aliphatic heterocycles. The van der Waals surface area contributed by atoms with Crippen LogP contribution in [0.3, 0.4) is 0 Å². The number of sulfonamides is 1. The van der Waals surface area contributed by atoms with Gasteiger partial charge < -0.3 is 5.11 Å². The average Bonchev–Trinajstić information content (AvgIpc) is 2.46. The molecule has 0 aromatic carbocycles. The highest BCUT2D eigenvalue weighted by Gasteiger charge is 2.52. The standard InChI is InChI=1S/C8H12F3NO4S/c1-7(6(13)14)4-2-3-5(7)12-17(15,16)8(9,10)11/h5,12H,2-4H2,1H3,(H,13,14). The van der Waals surface area contributed by atoms with Crippen LogP contribution in [0.1, 0.15) is 26.2 Å². The van der Waals surface area contributed by atoms with Crippen molar-refractivity contribution in [2.24, 2.45) is 5.41 Å². The monoisotopic (exact) mass is 275 g/mol. The Morgan fingerprint density at radius 1 is 1.47 bits per heavy atom. The minimum absolute atomic E-state index is 0.0815. The van der Waals surface area contributed by atoms with E-state index in [-0.39, 0.29) is 12.8 Å². The highest BCUT2D eigenvalue weighted by Crippen LogP contribution is 2.39. The maximum absolute atomic E-state index is 12.1. The summed E-state index contributed by atoms with van der Waals surface area (Å²) in [5, 5.41) is 8.93. The van der Waals surface area contributed by atoms with Gasteiger partial charge in [-0.2, -0.15) is 13.2 Å². The molecule has 17 heavy (non-hydrogen) atoms. The number of carboxylic acid groups (broad SMARTS) is 1. The third kappa shape index (κ3) is 2.54. The van der Waals surface area contributed by atoms with Crippen LogP contribution in [-0.4, -0.2) is 31.0 Å². The van der Waals surface area contributed by atoms with E-state index in [1.807, 2.05) is 0 Å². The molecule has 1 aliphatic rings. The molecule has 0 aromatic rings. The predicted molar refractivity (Wildman–Crippen MR) is 51.5 cm³/mol. The summed E-state index contributed by atoms with van der Waals surface area (Å²) in [6.45, 7) is 1.24. The summed E-state index contributed by atoms with van der Waals surface area (Å²) in [5.74, 6) is -1.30. The van der Waals surface area contributed by atoms with Crippen molar-refractivity contribution in [3.63, 3.8) is 0 Å². The van der Waals surface area contributed by atoms with Crippen molar-refractivity contribution in [3.05, 3.63) is 0 Å². The van der Waals surface area contributed by atoms with Crippen LogP contribution < -0.4 is 4.72 Å². The van der Waals surface area contributed by atoms with Crippen LogP contribution in [0.25, 0.3) is 0 Å². The average molecular weight is 275 g/mol. The van der Waals surface area contributed by atoms with Crippen molar-refractivity contribution in [2.75, 3.05) is 0 Å². The zero-order chi connectivity index (χ0) is 13.5. The Morgan fingerprint density at radius 2 is 2.00 bits per heavy atom. The molecule has 0 amide bonds. The summed E-state index contributed by atoms with van der Waals surface area (Å²) in [5.41, 5.74) is -6.91. The van der Waals surface area contributed by atoms with Crippen molar-refractivity contribution in [3.8, 4) is 0 Å². The van der Waals surface area contributed by atoms with E-state index in [9.17, 15) is 26.4 Å². The van der Waals surface area contributed by atoms with Gasteiger partial charge in [-0.05, 0) is 19.8 Å². The van der Waals surface area contributed by atoms with Gasteiger partial charge >= 0.3 is 21.5 Å². The number of nitrogens with one attached hydrogen (secondary N) is 1. The van der Waals surface area contributed by atoms with E-state index in [0.29, 0.717) is 6.42 Å². The maximum atomic E-state index is 12.1. The smallest absolute Gasteiger partial charge is 0.481 e. The van der Waals surface area contributed by atoms with Gasteiger partial charge in [0.25, 0.3) is 0 Å². The highest BCUT2D eigenvalue weighted by molar-refractivity contribution is 7.90. The molecular formula is C8H12F3NO4S. The van der Waals surface area contributed by atoms with Crippen LogP contribution in [-0.2, 0) is 14.8 Å². The lowest BCUT2D eigenvalue weighted by Gasteiger charge is -2.27. The van der Waals surface area contributed by atoms with Crippen molar-refractivity contribution in [2.45, 2.75) is 37.7 Å². The van der Waals surface area contributed by atoms with Crippen molar-refractivity contribution >= 4 is 16.0 Å². The molecule has 1 rings (SSSR count). The van der Waals surface area contributed by atoms with Crippen LogP contribution in [0, 0.1) is 5.41 Å². The number of carbonyl (C=O) groups is 1. The van der Waals surface area contributed by atoms with E-state index < -0.39 is 33.0 Å². The quantitative estimate of drug-likeness (QED) is 0.807. The zero-order valence-corrected chi connectivity index (χ0v) is 9.73. The van der Waals surface area contributed by atoms with Crippen LogP contribution in [0.5, 0.6) is 0 Å². The number of aliphatic carboxylic acids is 1. The molecule has 0 spiro atoms. The number of hydrogen-bond acceptors (Lipinski definition) is 3. The van der Waals surface area contributed by atoms with Crippen LogP contribution in [0.4, 0.5) is 13.2 Å². The summed E-state index contributed by atoms with van der Waals surface area (Å²) in [6.07, 6.45) is 0.597. The van der Waals surface area contributed by atoms with E-state index in [1.165, 1.54) is 11.6 Å². The summed E-state index contributed by atoms with van der Waals surface area (Å²) in [4.78, 5) is 11.0. The minimum Gasteiger partial charge on any atom is -0.481 e. The Morgan fingerprint density at radius 3 is 2.41 bits per heavy atom. The van der Waals surface area contributed by atoms with Crippen molar-refractivity contribution < 1.29 is 31.5 Å². The fraction of sp³-hybridized carbons (Fsp3) is 0.875. The molecule has 2 N–H and O–H groups in total. The van der Waals surface area contributed by atoms with Gasteiger partial charge in [0.2, 0.25) is 0 Å². The number of alkyl halides is 3. The van der Waals surface area contributed by atoms with Gasteiger partial charge in [-0.15, -0.1) is 0 Å². The number of halogens is 3. The van der Waals surface area contributed by atoms with Crippen LogP contribution >= 0.6 is 0 Å². The molecule has 2 atom stereocenters. The van der Waals surface area contributed by atoms with Gasteiger partial charge in [-0.3, -0.25) is 4.79 Å². The molecule has 9 heteroatoms. The molecule has 0 bridgehead atoms. The highest BCUT2D eigenvalue weighted by atomic mass is 32.2. The SMILES string of the molecule is CC1(C(=O)O)CCCC1NS(=O)(=O)C(F)(F)F. The summed E-state index contributed by atoms with van der Waals surface area (Å²) in [7, 11) is -5.50. The summed E-state index contributed by atoms with van der Waals surface area (Å²) >= 11 is 0. The fourth-order valence-electron chi connectivity index (χ4n) is 1.87. The molecule has 0 heterocycles. The van der Waals surface area contributed by atoms with E-state index in [0.717, 1.165) is 0 Å². The zero-order valence-electron chi connectivity index (χ0n) is 8.91. The Labute approximate surface area is 96.1 Å². The first-order chi connectivity index (χ1) is 7.51. The Kier molecular flexibility index (Phi) is 3.45. The normalized spacial score (nSPS) is 30.5. The summed E-state index contributed by atoms with van der Waals surface area (Å²) < 4.78 is 59.6. The first-order valence-corrected chi connectivity index (χ1v) is 6.31. The molecule has 0 aromatic heterocycles. The Bertz CT molecular complexity index is 419. The van der Waals surface area contributed by atoms with E-state index >= 15 is 0 Å². The third-order valence-electron chi connectivity index (χ3n) is 3.05. The molecule has 5 nitrogen and oxygen atoms in total. The largest absolute Gasteiger partial charge is 0.511 e. The van der Waals surface area contributed by atoms with Crippen LogP contribution in [0.2, 0.25) is 0 Å². The first kappa shape index (κ1) is 14.2. The maximum Gasteiger partial charge on any atom is 0.511 e. The molecule has 100 valence electrons. The van der Waals surface area contributed by atoms with Crippen LogP contribution in [0.15, 0.2) is 0 Å². The molecule has 2 unspecified atom stereocenters. The van der Waals surface area contributed by atoms with E-state index in [4.69, 9.17) is 5.11 Å². The predicted octanol–water partition coefficient (Wildman–Crippen LogP) is 1.07. The van der Waals surface area contributed by atoms with Gasteiger partial charge in [0, 0.05) is 6.04 Å². The van der Waals surface area contributed by atoms with E-state index in [2.05, 4.69) is 0 Å². The van der Waals surface area contributed by atoms with Gasteiger partial charge in [0.1, 0.15) is 0 Å². The number of carboxylic acids is 1. The third-order valence-corrected chi connectivity index (χ3v) is 4.25. The second-order valence-corrected chi connectivity index (χ2v) is 5.94. The van der Waals surface area contributed by atoms with Gasteiger partial charge in [0.05, 0.1) is 5.41 Å². The van der Waals surface area contributed by atoms with E-state index in [1.54, 1.807) is 0 Å². The topological polar surface area (TPSA) is 83.5 Å².